The number of rotatable bonds is 1. The highest BCUT2D eigenvalue weighted by Gasteiger charge is 2.38. The zero-order valence-corrected chi connectivity index (χ0v) is 11.1. The molecule has 1 amide bonds. The first kappa shape index (κ1) is 14.3. The van der Waals surface area contributed by atoms with Crippen molar-refractivity contribution >= 4 is 18.5 Å². The molecule has 1 heterocycles. The lowest BCUT2D eigenvalue weighted by molar-refractivity contribution is 0.0387. The number of carbonyl (C=O) groups excluding carboxylic acids is 1. The van der Waals surface area contributed by atoms with Crippen molar-refractivity contribution in [2.45, 2.75) is 19.9 Å². The summed E-state index contributed by atoms with van der Waals surface area (Å²) in [6, 6.07) is 9.27. The SMILES string of the molecule is CC1(C)COC(=O)N[C@H]1c1ccccc1C#N.Cl. The molecule has 0 unspecified atom stereocenters. The maximum atomic E-state index is 11.3. The third-order valence-corrected chi connectivity index (χ3v) is 3.01. The van der Waals surface area contributed by atoms with Crippen LogP contribution in [0.5, 0.6) is 0 Å². The van der Waals surface area contributed by atoms with Crippen LogP contribution >= 0.6 is 12.4 Å². The molecular formula is C13H15ClN2O2. The van der Waals surface area contributed by atoms with E-state index in [0.717, 1.165) is 5.56 Å². The van der Waals surface area contributed by atoms with E-state index in [1.54, 1.807) is 6.07 Å². The number of carbonyl (C=O) groups is 1. The lowest BCUT2D eigenvalue weighted by Gasteiger charge is -2.38. The fourth-order valence-electron chi connectivity index (χ4n) is 2.04. The number of hydrogen-bond acceptors (Lipinski definition) is 3. The van der Waals surface area contributed by atoms with Crippen molar-refractivity contribution in [3.8, 4) is 6.07 Å². The zero-order chi connectivity index (χ0) is 12.5. The van der Waals surface area contributed by atoms with Gasteiger partial charge in [0.15, 0.2) is 0 Å². The molecule has 1 aromatic carbocycles. The van der Waals surface area contributed by atoms with Gasteiger partial charge < -0.3 is 10.1 Å². The number of ether oxygens (including phenoxy) is 1. The molecule has 1 aliphatic heterocycles. The second kappa shape index (κ2) is 5.28. The third kappa shape index (κ3) is 2.57. The summed E-state index contributed by atoms with van der Waals surface area (Å²) in [4.78, 5) is 11.3. The Bertz CT molecular complexity index is 494. The Morgan fingerprint density at radius 2 is 2.11 bits per heavy atom. The number of alkyl carbamates (subject to hydrolysis) is 1. The van der Waals surface area contributed by atoms with Gasteiger partial charge in [-0.2, -0.15) is 5.26 Å². The second-order valence-electron chi connectivity index (χ2n) is 4.84. The Kier molecular flexibility index (Phi) is 4.20. The fraction of sp³-hybridized carbons (Fsp3) is 0.385. The molecule has 4 nitrogen and oxygen atoms in total. The average molecular weight is 267 g/mol. The van der Waals surface area contributed by atoms with Crippen LogP contribution in [-0.4, -0.2) is 12.7 Å². The van der Waals surface area contributed by atoms with Crippen LogP contribution in [0.25, 0.3) is 0 Å². The Hall–Kier alpha value is -1.73. The molecule has 5 heteroatoms. The highest BCUT2D eigenvalue weighted by Crippen LogP contribution is 2.37. The van der Waals surface area contributed by atoms with E-state index in [4.69, 9.17) is 10.00 Å². The standard InChI is InChI=1S/C13H14N2O2.ClH/c1-13(2)8-17-12(16)15-11(13)10-6-4-3-5-9(10)7-14;/h3-6,11H,8H2,1-2H3,(H,15,16);1H/t11-;/m0./s1. The molecule has 1 fully saturated rings. The average Bonchev–Trinajstić information content (AvgIpc) is 2.32. The smallest absolute Gasteiger partial charge is 0.407 e. The number of halogens is 1. The maximum Gasteiger partial charge on any atom is 0.407 e. The number of nitriles is 1. The van der Waals surface area contributed by atoms with Gasteiger partial charge in [0.25, 0.3) is 0 Å². The highest BCUT2D eigenvalue weighted by atomic mass is 35.5. The lowest BCUT2D eigenvalue weighted by atomic mass is 9.79. The molecule has 0 saturated carbocycles. The highest BCUT2D eigenvalue weighted by molar-refractivity contribution is 5.85. The van der Waals surface area contributed by atoms with Gasteiger partial charge >= 0.3 is 6.09 Å². The number of amides is 1. The van der Waals surface area contributed by atoms with Crippen LogP contribution in [0.2, 0.25) is 0 Å². The van der Waals surface area contributed by atoms with Crippen molar-refractivity contribution in [3.63, 3.8) is 0 Å². The zero-order valence-electron chi connectivity index (χ0n) is 10.3. The summed E-state index contributed by atoms with van der Waals surface area (Å²) in [5, 5.41) is 11.9. The molecule has 1 aliphatic rings. The van der Waals surface area contributed by atoms with Gasteiger partial charge in [-0.05, 0) is 11.6 Å². The summed E-state index contributed by atoms with van der Waals surface area (Å²) in [6.45, 7) is 4.36. The van der Waals surface area contributed by atoms with Crippen LogP contribution in [0.1, 0.15) is 31.0 Å². The second-order valence-corrected chi connectivity index (χ2v) is 4.84. The van der Waals surface area contributed by atoms with E-state index >= 15 is 0 Å². The van der Waals surface area contributed by atoms with Gasteiger partial charge in [0.05, 0.1) is 17.7 Å². The van der Waals surface area contributed by atoms with Crippen LogP contribution in [0.4, 0.5) is 4.79 Å². The predicted octanol–water partition coefficient (Wildman–Crippen LogP) is 2.79. The minimum atomic E-state index is -0.429. The molecule has 0 radical (unpaired) electrons. The van der Waals surface area contributed by atoms with E-state index in [2.05, 4.69) is 11.4 Å². The van der Waals surface area contributed by atoms with Gasteiger partial charge in [-0.15, -0.1) is 12.4 Å². The first-order valence-corrected chi connectivity index (χ1v) is 5.47. The van der Waals surface area contributed by atoms with Crippen LogP contribution in [0.15, 0.2) is 24.3 Å². The summed E-state index contributed by atoms with van der Waals surface area (Å²) < 4.78 is 4.99. The Morgan fingerprint density at radius 3 is 2.78 bits per heavy atom. The first-order valence-electron chi connectivity index (χ1n) is 5.47. The summed E-state index contributed by atoms with van der Waals surface area (Å²) in [7, 11) is 0. The summed E-state index contributed by atoms with van der Waals surface area (Å²) in [5.74, 6) is 0. The van der Waals surface area contributed by atoms with E-state index < -0.39 is 6.09 Å². The van der Waals surface area contributed by atoms with E-state index in [0.29, 0.717) is 12.2 Å². The van der Waals surface area contributed by atoms with Crippen LogP contribution in [-0.2, 0) is 4.74 Å². The minimum absolute atomic E-state index is 0. The number of nitrogens with one attached hydrogen (secondary N) is 1. The van der Waals surface area contributed by atoms with E-state index in [1.165, 1.54) is 0 Å². The minimum Gasteiger partial charge on any atom is -0.449 e. The van der Waals surface area contributed by atoms with Crippen molar-refractivity contribution in [1.82, 2.24) is 5.32 Å². The normalized spacial score (nSPS) is 20.9. The van der Waals surface area contributed by atoms with Gasteiger partial charge in [-0.1, -0.05) is 32.0 Å². The molecule has 18 heavy (non-hydrogen) atoms. The number of cyclic esters (lactones) is 1. The third-order valence-electron chi connectivity index (χ3n) is 3.01. The number of benzene rings is 1. The number of nitrogens with zero attached hydrogens (tertiary/aromatic N) is 1. The Labute approximate surface area is 112 Å². The van der Waals surface area contributed by atoms with Gasteiger partial charge in [-0.3, -0.25) is 0 Å². The van der Waals surface area contributed by atoms with Gasteiger partial charge in [0.1, 0.15) is 6.61 Å². The Morgan fingerprint density at radius 1 is 1.44 bits per heavy atom. The van der Waals surface area contributed by atoms with Crippen LogP contribution in [0, 0.1) is 16.7 Å². The molecular weight excluding hydrogens is 252 g/mol. The topological polar surface area (TPSA) is 62.1 Å². The van der Waals surface area contributed by atoms with Crippen molar-refractivity contribution in [2.24, 2.45) is 5.41 Å². The summed E-state index contributed by atoms with van der Waals surface area (Å²) >= 11 is 0. The first-order chi connectivity index (χ1) is 8.04. The van der Waals surface area contributed by atoms with E-state index in [1.807, 2.05) is 32.0 Å². The van der Waals surface area contributed by atoms with Crippen molar-refractivity contribution in [3.05, 3.63) is 35.4 Å². The van der Waals surface area contributed by atoms with E-state index in [9.17, 15) is 4.79 Å². The van der Waals surface area contributed by atoms with Crippen molar-refractivity contribution in [2.75, 3.05) is 6.61 Å². The summed E-state index contributed by atoms with van der Waals surface area (Å²) in [6.07, 6.45) is -0.429. The maximum absolute atomic E-state index is 11.3. The molecule has 0 spiro atoms. The molecule has 1 atom stereocenters. The van der Waals surface area contributed by atoms with Gasteiger partial charge in [0.2, 0.25) is 0 Å². The van der Waals surface area contributed by atoms with Gasteiger partial charge in [0, 0.05) is 5.41 Å². The molecule has 0 aliphatic carbocycles. The molecule has 1 N–H and O–H groups in total. The van der Waals surface area contributed by atoms with Crippen molar-refractivity contribution in [1.29, 1.82) is 5.26 Å². The molecule has 0 bridgehead atoms. The quantitative estimate of drug-likeness (QED) is 0.850. The largest absolute Gasteiger partial charge is 0.449 e. The van der Waals surface area contributed by atoms with E-state index in [-0.39, 0.29) is 23.9 Å². The van der Waals surface area contributed by atoms with Crippen LogP contribution in [0.3, 0.4) is 0 Å². The summed E-state index contributed by atoms with van der Waals surface area (Å²) in [5.41, 5.74) is 1.20. The molecule has 96 valence electrons. The fourth-order valence-corrected chi connectivity index (χ4v) is 2.04. The Balaban J connectivity index is 0.00000162. The number of hydrogen-bond donors (Lipinski definition) is 1. The molecule has 2 rings (SSSR count). The molecule has 1 aromatic rings. The lowest BCUT2D eigenvalue weighted by Crippen LogP contribution is -2.47. The molecule has 1 saturated heterocycles. The predicted molar refractivity (Wildman–Crippen MR) is 69.4 cm³/mol. The van der Waals surface area contributed by atoms with Crippen molar-refractivity contribution < 1.29 is 9.53 Å². The monoisotopic (exact) mass is 266 g/mol. The van der Waals surface area contributed by atoms with Crippen LogP contribution < -0.4 is 5.32 Å². The van der Waals surface area contributed by atoms with Gasteiger partial charge in [-0.25, -0.2) is 4.79 Å². The molecule has 0 aromatic heterocycles.